The fourth-order valence-electron chi connectivity index (χ4n) is 5.43. The highest BCUT2D eigenvalue weighted by molar-refractivity contribution is 6.13. The summed E-state index contributed by atoms with van der Waals surface area (Å²) >= 11 is 0. The molecule has 1 aliphatic rings. The van der Waals surface area contributed by atoms with Crippen LogP contribution in [-0.2, 0) is 17.3 Å². The summed E-state index contributed by atoms with van der Waals surface area (Å²) in [6, 6.07) is 16.7. The maximum absolute atomic E-state index is 13.4. The molecule has 0 saturated carbocycles. The van der Waals surface area contributed by atoms with Gasteiger partial charge in [-0.1, -0.05) is 51.1 Å². The minimum Gasteiger partial charge on any atom is -0.354 e. The number of pyridine rings is 1. The van der Waals surface area contributed by atoms with Crippen molar-refractivity contribution in [2.75, 3.05) is 29.1 Å². The second kappa shape index (κ2) is 10.9. The Morgan fingerprint density at radius 2 is 1.66 bits per heavy atom. The number of nitrogens with zero attached hydrogens (tertiary/aromatic N) is 3. The number of carbonyl (C=O) groups excluding carboxylic acids is 3. The molecule has 5 rings (SSSR count). The van der Waals surface area contributed by atoms with Gasteiger partial charge in [0.15, 0.2) is 0 Å². The zero-order chi connectivity index (χ0) is 29.3. The van der Waals surface area contributed by atoms with Crippen LogP contribution in [0.1, 0.15) is 48.9 Å². The van der Waals surface area contributed by atoms with Crippen LogP contribution in [0.4, 0.5) is 21.9 Å². The SMILES string of the molecule is CNC(=O)c1c(NC(=O)Nc2ccc3ccccc3c2C2=CC(=O)N(c3ccncc3)CC2)cc(C(C)(C)C)n1C. The topological polar surface area (TPSA) is 108 Å². The fraction of sp³-hybridized carbons (Fsp3) is 0.250. The first-order chi connectivity index (χ1) is 19.6. The molecule has 2 aromatic heterocycles. The number of carbonyl (C=O) groups is 3. The number of rotatable bonds is 5. The lowest BCUT2D eigenvalue weighted by atomic mass is 9.92. The van der Waals surface area contributed by atoms with Gasteiger partial charge < -0.3 is 25.4 Å². The van der Waals surface area contributed by atoms with Crippen molar-refractivity contribution in [3.05, 3.63) is 90.0 Å². The molecule has 0 unspecified atom stereocenters. The van der Waals surface area contributed by atoms with E-state index in [0.29, 0.717) is 30.0 Å². The van der Waals surface area contributed by atoms with E-state index in [1.54, 1.807) is 30.4 Å². The van der Waals surface area contributed by atoms with Crippen molar-refractivity contribution in [3.8, 4) is 0 Å². The lowest BCUT2D eigenvalue weighted by molar-refractivity contribution is -0.114. The summed E-state index contributed by atoms with van der Waals surface area (Å²) in [4.78, 5) is 45.2. The molecule has 9 heteroatoms. The number of fused-ring (bicyclic) bond motifs is 1. The van der Waals surface area contributed by atoms with Crippen LogP contribution in [0.15, 0.2) is 73.1 Å². The largest absolute Gasteiger partial charge is 0.354 e. The number of amides is 4. The van der Waals surface area contributed by atoms with Crippen LogP contribution >= 0.6 is 0 Å². The van der Waals surface area contributed by atoms with E-state index in [0.717, 1.165) is 33.3 Å². The first-order valence-corrected chi connectivity index (χ1v) is 13.5. The van der Waals surface area contributed by atoms with Crippen LogP contribution < -0.4 is 20.9 Å². The van der Waals surface area contributed by atoms with Gasteiger partial charge in [0.05, 0.1) is 11.4 Å². The van der Waals surface area contributed by atoms with Crippen molar-refractivity contribution >= 4 is 51.3 Å². The Balaban J connectivity index is 1.50. The van der Waals surface area contributed by atoms with Crippen molar-refractivity contribution in [2.45, 2.75) is 32.6 Å². The summed E-state index contributed by atoms with van der Waals surface area (Å²) in [5.41, 5.74) is 4.45. The number of hydrogen-bond donors (Lipinski definition) is 3. The van der Waals surface area contributed by atoms with Crippen molar-refractivity contribution in [2.24, 2.45) is 7.05 Å². The normalized spacial score (nSPS) is 13.6. The van der Waals surface area contributed by atoms with E-state index in [2.05, 4.69) is 41.7 Å². The summed E-state index contributed by atoms with van der Waals surface area (Å²) in [7, 11) is 3.38. The third kappa shape index (κ3) is 5.43. The minimum absolute atomic E-state index is 0.130. The second-order valence-corrected chi connectivity index (χ2v) is 11.1. The molecule has 210 valence electrons. The van der Waals surface area contributed by atoms with Crippen molar-refractivity contribution < 1.29 is 14.4 Å². The summed E-state index contributed by atoms with van der Waals surface area (Å²) in [5, 5.41) is 10.5. The Morgan fingerprint density at radius 3 is 2.34 bits per heavy atom. The molecule has 9 nitrogen and oxygen atoms in total. The Hall–Kier alpha value is -4.92. The summed E-state index contributed by atoms with van der Waals surface area (Å²) < 4.78 is 1.81. The lowest BCUT2D eigenvalue weighted by Gasteiger charge is -2.28. The predicted octanol–water partition coefficient (Wildman–Crippen LogP) is 5.69. The number of aromatic nitrogens is 2. The van der Waals surface area contributed by atoms with Crippen LogP contribution in [0, 0.1) is 0 Å². The number of anilines is 3. The first-order valence-electron chi connectivity index (χ1n) is 13.5. The quantitative estimate of drug-likeness (QED) is 0.296. The van der Waals surface area contributed by atoms with Crippen LogP contribution in [0.25, 0.3) is 16.3 Å². The van der Waals surface area contributed by atoms with Crippen molar-refractivity contribution in [1.29, 1.82) is 0 Å². The Kier molecular flexibility index (Phi) is 7.36. The van der Waals surface area contributed by atoms with E-state index < -0.39 is 6.03 Å². The monoisotopic (exact) mass is 550 g/mol. The van der Waals surface area contributed by atoms with Gasteiger partial charge in [-0.15, -0.1) is 0 Å². The smallest absolute Gasteiger partial charge is 0.323 e. The second-order valence-electron chi connectivity index (χ2n) is 11.1. The van der Waals surface area contributed by atoms with E-state index in [4.69, 9.17) is 0 Å². The Bertz CT molecular complexity index is 1680. The maximum atomic E-state index is 13.4. The van der Waals surface area contributed by atoms with Gasteiger partial charge in [0.1, 0.15) is 5.69 Å². The molecule has 0 saturated heterocycles. The van der Waals surface area contributed by atoms with Crippen molar-refractivity contribution in [1.82, 2.24) is 14.9 Å². The molecule has 4 amide bonds. The molecule has 3 heterocycles. The van der Waals surface area contributed by atoms with Gasteiger partial charge in [-0.05, 0) is 47.0 Å². The van der Waals surface area contributed by atoms with E-state index in [9.17, 15) is 14.4 Å². The first kappa shape index (κ1) is 27.6. The van der Waals surface area contributed by atoms with E-state index in [-0.39, 0.29) is 17.2 Å². The van der Waals surface area contributed by atoms with Gasteiger partial charge in [0, 0.05) is 61.5 Å². The van der Waals surface area contributed by atoms with Gasteiger partial charge in [-0.25, -0.2) is 4.79 Å². The highest BCUT2D eigenvalue weighted by Crippen LogP contribution is 2.37. The molecule has 3 N–H and O–H groups in total. The molecule has 0 atom stereocenters. The maximum Gasteiger partial charge on any atom is 0.323 e. The molecular formula is C32H34N6O3. The van der Waals surface area contributed by atoms with Gasteiger partial charge in [-0.2, -0.15) is 0 Å². The zero-order valence-corrected chi connectivity index (χ0v) is 23.9. The lowest BCUT2D eigenvalue weighted by Crippen LogP contribution is -2.33. The Morgan fingerprint density at radius 1 is 0.951 bits per heavy atom. The zero-order valence-electron chi connectivity index (χ0n) is 23.9. The number of hydrogen-bond acceptors (Lipinski definition) is 4. The molecule has 41 heavy (non-hydrogen) atoms. The third-order valence-corrected chi connectivity index (χ3v) is 7.33. The molecule has 0 spiro atoms. The predicted molar refractivity (Wildman–Crippen MR) is 163 cm³/mol. The molecule has 2 aromatic carbocycles. The highest BCUT2D eigenvalue weighted by atomic mass is 16.2. The van der Waals surface area contributed by atoms with E-state index in [1.807, 2.05) is 66.2 Å². The molecular weight excluding hydrogens is 516 g/mol. The van der Waals surface area contributed by atoms with Crippen LogP contribution in [0.5, 0.6) is 0 Å². The van der Waals surface area contributed by atoms with Crippen LogP contribution in [-0.4, -0.2) is 41.0 Å². The van der Waals surface area contributed by atoms with Gasteiger partial charge in [-0.3, -0.25) is 14.6 Å². The summed E-state index contributed by atoms with van der Waals surface area (Å²) in [6.45, 7) is 6.65. The van der Waals surface area contributed by atoms with Gasteiger partial charge in [0.25, 0.3) is 11.8 Å². The number of benzene rings is 2. The highest BCUT2D eigenvalue weighted by Gasteiger charge is 2.27. The van der Waals surface area contributed by atoms with Crippen LogP contribution in [0.2, 0.25) is 0 Å². The molecule has 0 bridgehead atoms. The van der Waals surface area contributed by atoms with Crippen molar-refractivity contribution in [3.63, 3.8) is 0 Å². The number of urea groups is 1. The molecule has 0 fully saturated rings. The fourth-order valence-corrected chi connectivity index (χ4v) is 5.43. The minimum atomic E-state index is -0.487. The summed E-state index contributed by atoms with van der Waals surface area (Å²) in [5.74, 6) is -0.427. The average molecular weight is 551 g/mol. The average Bonchev–Trinajstić information content (AvgIpc) is 3.28. The van der Waals surface area contributed by atoms with Crippen LogP contribution in [0.3, 0.4) is 0 Å². The third-order valence-electron chi connectivity index (χ3n) is 7.33. The molecule has 0 aliphatic carbocycles. The Labute approximate surface area is 239 Å². The standard InChI is InChI=1S/C32H34N6O3/c1-32(2,3)26-19-25(29(37(26)5)30(40)33-4)36-31(41)35-24-11-10-20-8-6-7-9-23(20)28(24)21-14-17-38(27(39)18-21)22-12-15-34-16-13-22/h6-13,15-16,18-19H,14,17H2,1-5H3,(H,33,40)(H2,35,36,41). The molecule has 4 aromatic rings. The number of nitrogens with one attached hydrogen (secondary N) is 3. The van der Waals surface area contributed by atoms with E-state index >= 15 is 0 Å². The molecule has 1 aliphatic heterocycles. The molecule has 0 radical (unpaired) electrons. The van der Waals surface area contributed by atoms with E-state index in [1.165, 1.54) is 0 Å². The van der Waals surface area contributed by atoms with Gasteiger partial charge >= 0.3 is 6.03 Å². The summed E-state index contributed by atoms with van der Waals surface area (Å²) in [6.07, 6.45) is 5.58. The van der Waals surface area contributed by atoms with Gasteiger partial charge in [0.2, 0.25) is 0 Å².